The van der Waals surface area contributed by atoms with Crippen LogP contribution in [0, 0.1) is 12.3 Å². The Balaban J connectivity index is 2.27. The second kappa shape index (κ2) is 3.12. The van der Waals surface area contributed by atoms with Crippen LogP contribution in [0.2, 0.25) is 0 Å². The van der Waals surface area contributed by atoms with E-state index in [2.05, 4.69) is 26.8 Å². The number of rotatable bonds is 0. The summed E-state index contributed by atoms with van der Waals surface area (Å²) in [6.45, 7) is 6.37. The summed E-state index contributed by atoms with van der Waals surface area (Å²) in [5, 5.41) is 0. The lowest BCUT2D eigenvalue weighted by molar-refractivity contribution is -0.150. The Hall–Kier alpha value is -1.31. The molecule has 2 atom stereocenters. The Labute approximate surface area is 102 Å². The van der Waals surface area contributed by atoms with Gasteiger partial charge in [0.2, 0.25) is 0 Å². The number of hydrogen-bond donors (Lipinski definition) is 0. The maximum Gasteiger partial charge on any atom is 0.318 e. The van der Waals surface area contributed by atoms with E-state index in [-0.39, 0.29) is 16.8 Å². The first kappa shape index (κ1) is 10.8. The summed E-state index contributed by atoms with van der Waals surface area (Å²) in [6, 6.07) is 6.13. The number of benzene rings is 1. The molecule has 0 unspecified atom stereocenters. The average molecular weight is 230 g/mol. The fourth-order valence-corrected chi connectivity index (χ4v) is 3.48. The highest BCUT2D eigenvalue weighted by atomic mass is 16.5. The van der Waals surface area contributed by atoms with E-state index in [0.717, 1.165) is 25.0 Å². The Morgan fingerprint density at radius 2 is 1.88 bits per heavy atom. The van der Waals surface area contributed by atoms with Gasteiger partial charge in [-0.15, -0.1) is 0 Å². The zero-order chi connectivity index (χ0) is 12.3. The monoisotopic (exact) mass is 230 g/mol. The maximum atomic E-state index is 12.2. The zero-order valence-electron chi connectivity index (χ0n) is 10.7. The maximum absolute atomic E-state index is 12.2. The predicted octanol–water partition coefficient (Wildman–Crippen LogP) is 3.36. The van der Waals surface area contributed by atoms with Crippen molar-refractivity contribution in [3.8, 4) is 5.75 Å². The molecule has 0 N–H and O–H groups in total. The van der Waals surface area contributed by atoms with Crippen molar-refractivity contribution in [1.29, 1.82) is 0 Å². The summed E-state index contributed by atoms with van der Waals surface area (Å²) in [6.07, 6.45) is 3.13. The van der Waals surface area contributed by atoms with Gasteiger partial charge in [-0.05, 0) is 32.8 Å². The van der Waals surface area contributed by atoms with Gasteiger partial charge in [0.15, 0.2) is 0 Å². The summed E-state index contributed by atoms with van der Waals surface area (Å²) in [5.74, 6) is 0.719. The molecule has 90 valence electrons. The molecule has 0 bridgehead atoms. The highest BCUT2D eigenvalue weighted by Gasteiger charge is 2.58. The van der Waals surface area contributed by atoms with E-state index in [1.54, 1.807) is 0 Å². The minimum absolute atomic E-state index is 0.0474. The molecule has 1 aromatic carbocycles. The van der Waals surface area contributed by atoms with E-state index in [0.29, 0.717) is 0 Å². The van der Waals surface area contributed by atoms with Crippen molar-refractivity contribution < 1.29 is 9.53 Å². The SMILES string of the molecule is Cc1ccc2c(c1)[C@]1(C)CCC[C@@]1(C)C(=O)O2. The summed E-state index contributed by atoms with van der Waals surface area (Å²) in [4.78, 5) is 12.2. The second-order valence-electron chi connectivity index (χ2n) is 5.91. The van der Waals surface area contributed by atoms with E-state index in [4.69, 9.17) is 4.74 Å². The molecule has 0 amide bonds. The first-order chi connectivity index (χ1) is 7.97. The number of ether oxygens (including phenoxy) is 1. The Morgan fingerprint density at radius 3 is 2.65 bits per heavy atom. The number of carbonyl (C=O) groups is 1. The second-order valence-corrected chi connectivity index (χ2v) is 5.91. The first-order valence-electron chi connectivity index (χ1n) is 6.31. The van der Waals surface area contributed by atoms with E-state index in [1.165, 1.54) is 11.1 Å². The van der Waals surface area contributed by atoms with Crippen LogP contribution in [0.25, 0.3) is 0 Å². The number of esters is 1. The van der Waals surface area contributed by atoms with Crippen LogP contribution in [0.15, 0.2) is 18.2 Å². The molecule has 3 rings (SSSR count). The van der Waals surface area contributed by atoms with Crippen LogP contribution in [0.4, 0.5) is 0 Å². The number of hydrogen-bond acceptors (Lipinski definition) is 2. The number of carbonyl (C=O) groups excluding carboxylic acids is 1. The molecular weight excluding hydrogens is 212 g/mol. The third kappa shape index (κ3) is 1.18. The fourth-order valence-electron chi connectivity index (χ4n) is 3.48. The predicted molar refractivity (Wildman–Crippen MR) is 66.1 cm³/mol. The van der Waals surface area contributed by atoms with Crippen LogP contribution >= 0.6 is 0 Å². The Morgan fingerprint density at radius 1 is 1.18 bits per heavy atom. The Bertz CT molecular complexity index is 506. The van der Waals surface area contributed by atoms with Crippen LogP contribution in [0.3, 0.4) is 0 Å². The van der Waals surface area contributed by atoms with Crippen LogP contribution in [0.1, 0.15) is 44.2 Å². The molecule has 0 spiro atoms. The molecule has 2 nitrogen and oxygen atoms in total. The highest BCUT2D eigenvalue weighted by Crippen LogP contribution is 2.59. The van der Waals surface area contributed by atoms with Gasteiger partial charge in [0.05, 0.1) is 5.41 Å². The van der Waals surface area contributed by atoms with Gasteiger partial charge in [0.1, 0.15) is 5.75 Å². The molecule has 1 aliphatic carbocycles. The number of aryl methyl sites for hydroxylation is 1. The molecule has 1 heterocycles. The van der Waals surface area contributed by atoms with Gasteiger partial charge in [-0.2, -0.15) is 0 Å². The summed E-state index contributed by atoms with van der Waals surface area (Å²) in [5.41, 5.74) is 2.06. The van der Waals surface area contributed by atoms with Crippen molar-refractivity contribution in [2.45, 2.75) is 45.4 Å². The van der Waals surface area contributed by atoms with E-state index < -0.39 is 0 Å². The van der Waals surface area contributed by atoms with Crippen molar-refractivity contribution in [2.24, 2.45) is 5.41 Å². The lowest BCUT2D eigenvalue weighted by Crippen LogP contribution is -2.48. The first-order valence-corrected chi connectivity index (χ1v) is 6.31. The van der Waals surface area contributed by atoms with Gasteiger partial charge in [-0.25, -0.2) is 0 Å². The van der Waals surface area contributed by atoms with Crippen LogP contribution in [-0.2, 0) is 10.2 Å². The quantitative estimate of drug-likeness (QED) is 0.504. The Kier molecular flexibility index (Phi) is 1.99. The van der Waals surface area contributed by atoms with Gasteiger partial charge in [0.25, 0.3) is 0 Å². The lowest BCUT2D eigenvalue weighted by atomic mass is 9.62. The third-order valence-corrected chi connectivity index (χ3v) is 4.95. The largest absolute Gasteiger partial charge is 0.426 e. The summed E-state index contributed by atoms with van der Waals surface area (Å²) >= 11 is 0. The van der Waals surface area contributed by atoms with Crippen LogP contribution in [0.5, 0.6) is 5.75 Å². The summed E-state index contributed by atoms with van der Waals surface area (Å²) in [7, 11) is 0. The van der Waals surface area contributed by atoms with Gasteiger partial charge < -0.3 is 4.74 Å². The molecule has 1 fully saturated rings. The standard InChI is InChI=1S/C15H18O2/c1-10-5-6-12-11(9-10)14(2)7-4-8-15(14,3)13(16)17-12/h5-6,9H,4,7-8H2,1-3H3/t14-,15-/m0/s1. The molecule has 2 heteroatoms. The van der Waals surface area contributed by atoms with E-state index in [1.807, 2.05) is 12.1 Å². The molecule has 1 saturated carbocycles. The van der Waals surface area contributed by atoms with Crippen molar-refractivity contribution in [1.82, 2.24) is 0 Å². The van der Waals surface area contributed by atoms with Crippen LogP contribution < -0.4 is 4.74 Å². The molecular formula is C15H18O2. The van der Waals surface area contributed by atoms with Crippen molar-refractivity contribution in [3.05, 3.63) is 29.3 Å². The highest BCUT2D eigenvalue weighted by molar-refractivity contribution is 5.84. The molecule has 1 aliphatic heterocycles. The minimum atomic E-state index is -0.339. The minimum Gasteiger partial charge on any atom is -0.426 e. The summed E-state index contributed by atoms with van der Waals surface area (Å²) < 4.78 is 5.53. The smallest absolute Gasteiger partial charge is 0.318 e. The van der Waals surface area contributed by atoms with Gasteiger partial charge in [-0.1, -0.05) is 31.0 Å². The molecule has 0 aromatic heterocycles. The van der Waals surface area contributed by atoms with Crippen molar-refractivity contribution in [2.75, 3.05) is 0 Å². The van der Waals surface area contributed by atoms with E-state index >= 15 is 0 Å². The number of fused-ring (bicyclic) bond motifs is 3. The van der Waals surface area contributed by atoms with Crippen LogP contribution in [-0.4, -0.2) is 5.97 Å². The average Bonchev–Trinajstić information content (AvgIpc) is 2.60. The normalized spacial score (nSPS) is 35.1. The molecule has 0 radical (unpaired) electrons. The topological polar surface area (TPSA) is 26.3 Å². The van der Waals surface area contributed by atoms with Gasteiger partial charge in [0, 0.05) is 11.0 Å². The van der Waals surface area contributed by atoms with E-state index in [9.17, 15) is 4.79 Å². The fraction of sp³-hybridized carbons (Fsp3) is 0.533. The molecule has 1 aromatic rings. The van der Waals surface area contributed by atoms with Crippen molar-refractivity contribution >= 4 is 5.97 Å². The van der Waals surface area contributed by atoms with Gasteiger partial charge in [-0.3, -0.25) is 4.79 Å². The molecule has 2 aliphatic rings. The molecule has 0 saturated heterocycles. The third-order valence-electron chi connectivity index (χ3n) is 4.95. The van der Waals surface area contributed by atoms with Crippen molar-refractivity contribution in [3.63, 3.8) is 0 Å². The lowest BCUT2D eigenvalue weighted by Gasteiger charge is -2.44. The molecule has 17 heavy (non-hydrogen) atoms. The van der Waals surface area contributed by atoms with Gasteiger partial charge >= 0.3 is 5.97 Å². The zero-order valence-corrected chi connectivity index (χ0v) is 10.7.